The number of carbonyl (C=O) groups excluding carboxylic acids is 1. The minimum absolute atomic E-state index is 0.115. The van der Waals surface area contributed by atoms with E-state index in [1.54, 1.807) is 0 Å². The summed E-state index contributed by atoms with van der Waals surface area (Å²) in [5.74, 6) is -2.61. The number of halogens is 1. The zero-order valence-corrected chi connectivity index (χ0v) is 6.82. The molecule has 0 aliphatic rings. The van der Waals surface area contributed by atoms with Crippen LogP contribution in [0, 0.1) is 5.82 Å². The molecular formula is C7H6FN3O3. The molecule has 7 heteroatoms. The van der Waals surface area contributed by atoms with Crippen molar-refractivity contribution in [3.05, 3.63) is 23.6 Å². The minimum Gasteiger partial charge on any atom is -0.476 e. The number of urea groups is 1. The van der Waals surface area contributed by atoms with Crippen LogP contribution in [0.5, 0.6) is 0 Å². The molecule has 1 aromatic rings. The van der Waals surface area contributed by atoms with E-state index < -0.39 is 23.5 Å². The van der Waals surface area contributed by atoms with Gasteiger partial charge in [0, 0.05) is 0 Å². The lowest BCUT2D eigenvalue weighted by Crippen LogP contribution is -2.20. The van der Waals surface area contributed by atoms with Gasteiger partial charge in [-0.15, -0.1) is 0 Å². The summed E-state index contributed by atoms with van der Waals surface area (Å²) >= 11 is 0. The van der Waals surface area contributed by atoms with Crippen molar-refractivity contribution >= 4 is 17.8 Å². The van der Waals surface area contributed by atoms with Crippen molar-refractivity contribution in [3.8, 4) is 0 Å². The Balaban J connectivity index is 3.06. The smallest absolute Gasteiger partial charge is 0.357 e. The van der Waals surface area contributed by atoms with Crippen molar-refractivity contribution in [3.63, 3.8) is 0 Å². The monoisotopic (exact) mass is 199 g/mol. The molecule has 1 rings (SSSR count). The molecular weight excluding hydrogens is 193 g/mol. The first kappa shape index (κ1) is 9.90. The number of hydrogen-bond acceptors (Lipinski definition) is 3. The highest BCUT2D eigenvalue weighted by atomic mass is 19.1. The average Bonchev–Trinajstić information content (AvgIpc) is 2.07. The van der Waals surface area contributed by atoms with E-state index in [1.165, 1.54) is 0 Å². The number of aromatic nitrogens is 1. The van der Waals surface area contributed by atoms with Crippen LogP contribution in [0.25, 0.3) is 0 Å². The van der Waals surface area contributed by atoms with E-state index in [2.05, 4.69) is 4.98 Å². The van der Waals surface area contributed by atoms with Crippen LogP contribution >= 0.6 is 0 Å². The Labute approximate surface area is 77.6 Å². The number of pyridine rings is 1. The van der Waals surface area contributed by atoms with Crippen molar-refractivity contribution < 1.29 is 19.1 Å². The molecule has 0 atom stereocenters. The summed E-state index contributed by atoms with van der Waals surface area (Å²) in [5.41, 5.74) is 3.99. The molecule has 1 aromatic heterocycles. The van der Waals surface area contributed by atoms with Crippen LogP contribution < -0.4 is 11.1 Å². The average molecular weight is 199 g/mol. The van der Waals surface area contributed by atoms with Crippen LogP contribution in [0.15, 0.2) is 12.1 Å². The van der Waals surface area contributed by atoms with Crippen LogP contribution in [0.2, 0.25) is 0 Å². The third kappa shape index (κ3) is 2.16. The first-order valence-electron chi connectivity index (χ1n) is 3.47. The minimum atomic E-state index is -1.52. The molecule has 6 nitrogen and oxygen atoms in total. The second kappa shape index (κ2) is 3.69. The third-order valence-electron chi connectivity index (χ3n) is 1.30. The highest BCUT2D eigenvalue weighted by Crippen LogP contribution is 2.09. The number of carboxylic acids is 1. The maximum atomic E-state index is 12.8. The van der Waals surface area contributed by atoms with Crippen LogP contribution in [-0.2, 0) is 0 Å². The summed E-state index contributed by atoms with van der Waals surface area (Å²) in [4.78, 5) is 24.1. The summed E-state index contributed by atoms with van der Waals surface area (Å²) in [7, 11) is 0. The molecule has 4 N–H and O–H groups in total. The van der Waals surface area contributed by atoms with E-state index in [-0.39, 0.29) is 5.82 Å². The summed E-state index contributed by atoms with van der Waals surface area (Å²) in [6.45, 7) is 0. The lowest BCUT2D eigenvalue weighted by molar-refractivity contribution is 0.0685. The molecule has 74 valence electrons. The number of primary amides is 1. The highest BCUT2D eigenvalue weighted by Gasteiger charge is 2.13. The molecule has 0 aromatic carbocycles. The lowest BCUT2D eigenvalue weighted by atomic mass is 10.3. The summed E-state index contributed by atoms with van der Waals surface area (Å²) in [6.07, 6.45) is 0. The number of aromatic carboxylic acids is 1. The van der Waals surface area contributed by atoms with Gasteiger partial charge in [0.1, 0.15) is 5.82 Å². The van der Waals surface area contributed by atoms with Gasteiger partial charge in [-0.1, -0.05) is 0 Å². The molecule has 0 bridgehead atoms. The number of carboxylic acid groups (broad SMARTS) is 1. The normalized spacial score (nSPS) is 9.50. The fourth-order valence-corrected chi connectivity index (χ4v) is 0.788. The summed E-state index contributed by atoms with van der Waals surface area (Å²) in [5, 5.41) is 10.5. The Morgan fingerprint density at radius 3 is 2.64 bits per heavy atom. The summed E-state index contributed by atoms with van der Waals surface area (Å²) < 4.78 is 12.8. The van der Waals surface area contributed by atoms with Gasteiger partial charge in [-0.3, -0.25) is 5.32 Å². The number of nitrogens with zero attached hydrogens (tertiary/aromatic N) is 1. The van der Waals surface area contributed by atoms with Gasteiger partial charge in [0.15, 0.2) is 11.5 Å². The molecule has 14 heavy (non-hydrogen) atoms. The summed E-state index contributed by atoms with van der Waals surface area (Å²) in [6, 6.07) is 1.08. The van der Waals surface area contributed by atoms with E-state index in [0.717, 1.165) is 12.1 Å². The molecule has 0 saturated heterocycles. The second-order valence-electron chi connectivity index (χ2n) is 2.32. The van der Waals surface area contributed by atoms with Gasteiger partial charge < -0.3 is 10.8 Å². The molecule has 1 heterocycles. The Morgan fingerprint density at radius 2 is 2.14 bits per heavy atom. The molecule has 0 radical (unpaired) electrons. The number of nitrogens with two attached hydrogens (primary N) is 1. The predicted molar refractivity (Wildman–Crippen MR) is 44.4 cm³/mol. The van der Waals surface area contributed by atoms with Crippen molar-refractivity contribution in [2.45, 2.75) is 0 Å². The van der Waals surface area contributed by atoms with Crippen LogP contribution in [0.3, 0.4) is 0 Å². The second-order valence-corrected chi connectivity index (χ2v) is 2.32. The van der Waals surface area contributed by atoms with Gasteiger partial charge in [-0.25, -0.2) is 19.0 Å². The Morgan fingerprint density at radius 1 is 1.50 bits per heavy atom. The van der Waals surface area contributed by atoms with Gasteiger partial charge in [-0.2, -0.15) is 0 Å². The lowest BCUT2D eigenvalue weighted by Gasteiger charge is -2.02. The van der Waals surface area contributed by atoms with Crippen molar-refractivity contribution in [2.75, 3.05) is 5.32 Å². The zero-order valence-electron chi connectivity index (χ0n) is 6.82. The fraction of sp³-hybridized carbons (Fsp3) is 0. The van der Waals surface area contributed by atoms with E-state index in [4.69, 9.17) is 10.8 Å². The zero-order chi connectivity index (χ0) is 10.7. The van der Waals surface area contributed by atoms with Crippen LogP contribution in [0.4, 0.5) is 15.0 Å². The highest BCUT2D eigenvalue weighted by molar-refractivity contribution is 5.89. The van der Waals surface area contributed by atoms with Crippen molar-refractivity contribution in [1.82, 2.24) is 4.98 Å². The number of carbonyl (C=O) groups is 2. The quantitative estimate of drug-likeness (QED) is 0.641. The first-order valence-corrected chi connectivity index (χ1v) is 3.47. The van der Waals surface area contributed by atoms with Gasteiger partial charge in [0.05, 0.1) is 0 Å². The number of anilines is 1. The van der Waals surface area contributed by atoms with Crippen LogP contribution in [0.1, 0.15) is 10.5 Å². The Hall–Kier alpha value is -2.18. The van der Waals surface area contributed by atoms with E-state index in [0.29, 0.717) is 0 Å². The van der Waals surface area contributed by atoms with Gasteiger partial charge in [0.25, 0.3) is 0 Å². The van der Waals surface area contributed by atoms with E-state index >= 15 is 0 Å². The van der Waals surface area contributed by atoms with Gasteiger partial charge in [0.2, 0.25) is 0 Å². The Kier molecular flexibility index (Phi) is 2.61. The molecule has 0 aliphatic heterocycles. The maximum absolute atomic E-state index is 12.8. The third-order valence-corrected chi connectivity index (χ3v) is 1.30. The SMILES string of the molecule is NC(=O)Nc1ccc(F)c(C(=O)O)n1. The number of amides is 2. The number of hydrogen-bond donors (Lipinski definition) is 3. The molecule has 0 fully saturated rings. The van der Waals surface area contributed by atoms with E-state index in [1.807, 2.05) is 5.32 Å². The molecule has 0 saturated carbocycles. The topological polar surface area (TPSA) is 105 Å². The van der Waals surface area contributed by atoms with Crippen LogP contribution in [-0.4, -0.2) is 22.1 Å². The van der Waals surface area contributed by atoms with Gasteiger partial charge >= 0.3 is 12.0 Å². The molecule has 0 spiro atoms. The standard InChI is InChI=1S/C7H6FN3O3/c8-3-1-2-4(11-7(9)14)10-5(3)6(12)13/h1-2H,(H,12,13)(H3,9,10,11,14). The molecule has 2 amide bonds. The van der Waals surface area contributed by atoms with Gasteiger partial charge in [-0.05, 0) is 12.1 Å². The largest absolute Gasteiger partial charge is 0.476 e. The first-order chi connectivity index (χ1) is 6.50. The fourth-order valence-electron chi connectivity index (χ4n) is 0.788. The van der Waals surface area contributed by atoms with E-state index in [9.17, 15) is 14.0 Å². The molecule has 0 aliphatic carbocycles. The Bertz CT molecular complexity index is 394. The van der Waals surface area contributed by atoms with Crippen molar-refractivity contribution in [2.24, 2.45) is 5.73 Å². The number of rotatable bonds is 2. The number of nitrogens with one attached hydrogen (secondary N) is 1. The maximum Gasteiger partial charge on any atom is 0.357 e. The molecule has 0 unspecified atom stereocenters. The van der Waals surface area contributed by atoms with Crippen molar-refractivity contribution in [1.29, 1.82) is 0 Å². The predicted octanol–water partition coefficient (Wildman–Crippen LogP) is 0.410.